The number of rotatable bonds is 2. The summed E-state index contributed by atoms with van der Waals surface area (Å²) in [4.78, 5) is 8.97. The molecule has 146 valence electrons. The molecule has 1 atom stereocenters. The summed E-state index contributed by atoms with van der Waals surface area (Å²) >= 11 is 2.68. The quantitative estimate of drug-likeness (QED) is 0.414. The van der Waals surface area contributed by atoms with Crippen molar-refractivity contribution in [3.63, 3.8) is 0 Å². The van der Waals surface area contributed by atoms with E-state index >= 15 is 0 Å². The maximum absolute atomic E-state index is 14.4. The molecule has 4 aromatic rings. The first-order chi connectivity index (χ1) is 13.6. The van der Waals surface area contributed by atoms with Crippen molar-refractivity contribution in [2.45, 2.75) is 32.2 Å². The van der Waals surface area contributed by atoms with Gasteiger partial charge in [0.15, 0.2) is 11.6 Å². The Morgan fingerprint density at radius 1 is 1.18 bits per heavy atom. The molecule has 0 saturated carbocycles. The molecule has 0 spiro atoms. The zero-order valence-electron chi connectivity index (χ0n) is 15.3. The molecule has 1 aliphatic rings. The normalized spacial score (nSPS) is 16.8. The van der Waals surface area contributed by atoms with E-state index in [9.17, 15) is 8.78 Å². The Labute approximate surface area is 169 Å². The maximum Gasteiger partial charge on any atom is 0.176 e. The van der Waals surface area contributed by atoms with E-state index in [2.05, 4.69) is 27.5 Å². The zero-order valence-corrected chi connectivity index (χ0v) is 17.0. The summed E-state index contributed by atoms with van der Waals surface area (Å²) in [5.74, 6) is -1.31. The van der Waals surface area contributed by atoms with Gasteiger partial charge in [-0.15, -0.1) is 22.7 Å². The summed E-state index contributed by atoms with van der Waals surface area (Å²) in [6.45, 7) is 3.49. The van der Waals surface area contributed by atoms with Crippen LogP contribution in [0, 0.1) is 11.6 Å². The van der Waals surface area contributed by atoms with E-state index in [0.717, 1.165) is 16.3 Å². The number of nitrogens with zero attached hydrogens (tertiary/aromatic N) is 2. The topological polar surface area (TPSA) is 49.8 Å². The second-order valence-electron chi connectivity index (χ2n) is 6.72. The lowest BCUT2D eigenvalue weighted by Gasteiger charge is -2.18. The minimum Gasteiger partial charge on any atom is -0.350 e. The molecule has 4 heterocycles. The van der Waals surface area contributed by atoms with Gasteiger partial charge in [-0.05, 0) is 49.9 Å². The number of piperidine rings is 1. The number of pyridine rings is 1. The molecular weight excluding hydrogens is 398 g/mol. The lowest BCUT2D eigenvalue weighted by molar-refractivity contribution is 0.425. The van der Waals surface area contributed by atoms with E-state index < -0.39 is 11.6 Å². The van der Waals surface area contributed by atoms with Gasteiger partial charge in [0.05, 0.1) is 15.9 Å². The van der Waals surface area contributed by atoms with Crippen LogP contribution in [-0.2, 0) is 0 Å². The molecule has 2 N–H and O–H groups in total. The first-order valence-corrected chi connectivity index (χ1v) is 10.9. The monoisotopic (exact) mass is 418 g/mol. The van der Waals surface area contributed by atoms with Crippen molar-refractivity contribution in [2.75, 3.05) is 11.9 Å². The lowest BCUT2D eigenvalue weighted by atomic mass is 10.1. The maximum atomic E-state index is 14.4. The molecule has 4 nitrogen and oxygen atoms in total. The molecule has 1 fully saturated rings. The van der Waals surface area contributed by atoms with Gasteiger partial charge in [-0.1, -0.05) is 6.42 Å². The number of aromatic nitrogens is 2. The first kappa shape index (κ1) is 19.2. The van der Waals surface area contributed by atoms with Crippen LogP contribution in [0.2, 0.25) is 0 Å². The predicted octanol–water partition coefficient (Wildman–Crippen LogP) is 6.08. The second-order valence-corrected chi connectivity index (χ2v) is 8.50. The van der Waals surface area contributed by atoms with Crippen LogP contribution in [0.25, 0.3) is 20.4 Å². The van der Waals surface area contributed by atoms with E-state index in [-0.39, 0.29) is 11.2 Å². The fourth-order valence-electron chi connectivity index (χ4n) is 3.19. The molecular formula is C20H20F2N4S2. The van der Waals surface area contributed by atoms with Crippen molar-refractivity contribution in [3.8, 4) is 0 Å². The summed E-state index contributed by atoms with van der Waals surface area (Å²) in [6, 6.07) is 5.64. The Balaban J connectivity index is 0.000000233. The number of benzene rings is 1. The van der Waals surface area contributed by atoms with Gasteiger partial charge in [-0.3, -0.25) is 0 Å². The molecule has 0 bridgehead atoms. The van der Waals surface area contributed by atoms with Crippen LogP contribution in [-0.4, -0.2) is 22.6 Å². The van der Waals surface area contributed by atoms with Crippen LogP contribution in [0.15, 0.2) is 35.3 Å². The number of anilines is 2. The second kappa shape index (κ2) is 8.46. The molecule has 5 rings (SSSR count). The highest BCUT2D eigenvalue weighted by molar-refractivity contribution is 7.17. The molecule has 0 amide bonds. The Bertz CT molecular complexity index is 1090. The SMILES string of the molecule is CC1CCCCN1.Fc1cc2scnc2c(F)c1Nc1ccnc2sccc12. The van der Waals surface area contributed by atoms with E-state index in [1.54, 1.807) is 12.3 Å². The van der Waals surface area contributed by atoms with Gasteiger partial charge in [-0.25, -0.2) is 18.7 Å². The van der Waals surface area contributed by atoms with Crippen molar-refractivity contribution in [1.29, 1.82) is 0 Å². The highest BCUT2D eigenvalue weighted by Gasteiger charge is 2.17. The smallest absolute Gasteiger partial charge is 0.176 e. The van der Waals surface area contributed by atoms with Gasteiger partial charge in [-0.2, -0.15) is 0 Å². The molecule has 0 radical (unpaired) electrons. The summed E-state index contributed by atoms with van der Waals surface area (Å²) in [5.41, 5.74) is 2.11. The van der Waals surface area contributed by atoms with Crippen LogP contribution in [0.4, 0.5) is 20.2 Å². The van der Waals surface area contributed by atoms with Crippen molar-refractivity contribution in [2.24, 2.45) is 0 Å². The summed E-state index contributed by atoms with van der Waals surface area (Å²) in [7, 11) is 0. The number of hydrogen-bond acceptors (Lipinski definition) is 6. The number of nitrogens with one attached hydrogen (secondary N) is 2. The summed E-state index contributed by atoms with van der Waals surface area (Å²) < 4.78 is 29.0. The van der Waals surface area contributed by atoms with E-state index in [1.807, 2.05) is 11.4 Å². The van der Waals surface area contributed by atoms with Gasteiger partial charge >= 0.3 is 0 Å². The summed E-state index contributed by atoms with van der Waals surface area (Å²) in [6.07, 6.45) is 5.79. The Hall–Kier alpha value is -2.16. The number of halogens is 2. The third-order valence-electron chi connectivity index (χ3n) is 4.70. The molecule has 1 saturated heterocycles. The molecule has 28 heavy (non-hydrogen) atoms. The molecule has 0 aliphatic carbocycles. The largest absolute Gasteiger partial charge is 0.350 e. The minimum atomic E-state index is -0.675. The Kier molecular flexibility index (Phi) is 5.79. The van der Waals surface area contributed by atoms with Crippen LogP contribution >= 0.6 is 22.7 Å². The molecule has 3 aromatic heterocycles. The lowest BCUT2D eigenvalue weighted by Crippen LogP contribution is -2.30. The molecule has 8 heteroatoms. The Morgan fingerprint density at radius 2 is 2.07 bits per heavy atom. The fourth-order valence-corrected chi connectivity index (χ4v) is 4.65. The van der Waals surface area contributed by atoms with E-state index in [1.165, 1.54) is 60.1 Å². The van der Waals surface area contributed by atoms with Gasteiger partial charge in [0.2, 0.25) is 0 Å². The van der Waals surface area contributed by atoms with Crippen LogP contribution in [0.1, 0.15) is 26.2 Å². The highest BCUT2D eigenvalue weighted by Crippen LogP contribution is 2.34. The predicted molar refractivity (Wildman–Crippen MR) is 114 cm³/mol. The molecule has 1 aromatic carbocycles. The van der Waals surface area contributed by atoms with Gasteiger partial charge in [0.25, 0.3) is 0 Å². The van der Waals surface area contributed by atoms with Crippen molar-refractivity contribution in [3.05, 3.63) is 46.9 Å². The average molecular weight is 419 g/mol. The third-order valence-corrected chi connectivity index (χ3v) is 6.30. The Morgan fingerprint density at radius 3 is 2.82 bits per heavy atom. The van der Waals surface area contributed by atoms with Crippen molar-refractivity contribution < 1.29 is 8.78 Å². The van der Waals surface area contributed by atoms with Crippen LogP contribution in [0.5, 0.6) is 0 Å². The average Bonchev–Trinajstić information content (AvgIpc) is 3.36. The number of fused-ring (bicyclic) bond motifs is 2. The third kappa shape index (κ3) is 3.99. The number of thiophene rings is 1. The standard InChI is InChI=1S/C14H7F2N3S2.C6H13N/c15-8-5-10-13(18-6-21-10)11(16)12(8)19-9-1-3-17-14-7(9)2-4-20-14;1-6-4-2-3-5-7-6/h1-6H,(H,17,19);6-7H,2-5H2,1H3. The first-order valence-electron chi connectivity index (χ1n) is 9.17. The van der Waals surface area contributed by atoms with Gasteiger partial charge < -0.3 is 10.6 Å². The fraction of sp³-hybridized carbons (Fsp3) is 0.300. The van der Waals surface area contributed by atoms with Gasteiger partial charge in [0.1, 0.15) is 16.0 Å². The van der Waals surface area contributed by atoms with Crippen molar-refractivity contribution in [1.82, 2.24) is 15.3 Å². The zero-order chi connectivity index (χ0) is 19.5. The highest BCUT2D eigenvalue weighted by atomic mass is 32.1. The van der Waals surface area contributed by atoms with Gasteiger partial charge in [0, 0.05) is 17.6 Å². The van der Waals surface area contributed by atoms with E-state index in [4.69, 9.17) is 0 Å². The van der Waals surface area contributed by atoms with Crippen LogP contribution < -0.4 is 10.6 Å². The molecule has 1 aliphatic heterocycles. The molecule has 1 unspecified atom stereocenters. The minimum absolute atomic E-state index is 0.180. The van der Waals surface area contributed by atoms with E-state index in [0.29, 0.717) is 10.4 Å². The summed E-state index contributed by atoms with van der Waals surface area (Å²) in [5, 5.41) is 8.94. The van der Waals surface area contributed by atoms with Crippen LogP contribution in [0.3, 0.4) is 0 Å². The van der Waals surface area contributed by atoms with Crippen molar-refractivity contribution >= 4 is 54.5 Å². The number of hydrogen-bond donors (Lipinski definition) is 2. The number of thiazole rings is 1.